The van der Waals surface area contributed by atoms with Crippen molar-refractivity contribution in [2.75, 3.05) is 0 Å². The molecule has 3 heteroatoms. The Morgan fingerprint density at radius 2 is 2.13 bits per heavy atom. The average Bonchev–Trinajstić information content (AvgIpc) is 2.26. The molecule has 1 atom stereocenters. The third kappa shape index (κ3) is 3.56. The Morgan fingerprint density at radius 3 is 2.60 bits per heavy atom. The van der Waals surface area contributed by atoms with Gasteiger partial charge in [-0.2, -0.15) is 0 Å². The first-order valence-electron chi connectivity index (χ1n) is 5.69. The standard InChI is InChI=1S/C12H20N2O/c1-3-11(4-2)14-12(15)9-5-7-10(13)8-6-9/h1,9-11H,4-8,13H2,2H3,(H,14,15). The molecular weight excluding hydrogens is 188 g/mol. The molecule has 3 nitrogen and oxygen atoms in total. The lowest BCUT2D eigenvalue weighted by Gasteiger charge is -2.26. The van der Waals surface area contributed by atoms with Crippen LogP contribution in [0.5, 0.6) is 0 Å². The maximum atomic E-state index is 11.8. The fourth-order valence-corrected chi connectivity index (χ4v) is 1.93. The molecule has 0 saturated heterocycles. The number of carbonyl (C=O) groups excluding carboxylic acids is 1. The molecule has 0 aliphatic heterocycles. The third-order valence-electron chi connectivity index (χ3n) is 3.07. The molecule has 1 saturated carbocycles. The molecule has 15 heavy (non-hydrogen) atoms. The number of terminal acetylenes is 1. The summed E-state index contributed by atoms with van der Waals surface area (Å²) in [5.41, 5.74) is 5.79. The molecule has 0 aromatic heterocycles. The van der Waals surface area contributed by atoms with Gasteiger partial charge in [0.25, 0.3) is 0 Å². The summed E-state index contributed by atoms with van der Waals surface area (Å²) in [5.74, 6) is 2.80. The highest BCUT2D eigenvalue weighted by Gasteiger charge is 2.25. The second-order valence-electron chi connectivity index (χ2n) is 4.25. The summed E-state index contributed by atoms with van der Waals surface area (Å²) in [4.78, 5) is 11.8. The summed E-state index contributed by atoms with van der Waals surface area (Å²) < 4.78 is 0. The Morgan fingerprint density at radius 1 is 1.53 bits per heavy atom. The minimum absolute atomic E-state index is 0.103. The van der Waals surface area contributed by atoms with Crippen LogP contribution in [0.1, 0.15) is 39.0 Å². The van der Waals surface area contributed by atoms with Crippen molar-refractivity contribution >= 4 is 5.91 Å². The minimum atomic E-state index is -0.117. The van der Waals surface area contributed by atoms with E-state index in [9.17, 15) is 4.79 Å². The summed E-state index contributed by atoms with van der Waals surface area (Å²) in [5, 5.41) is 2.89. The van der Waals surface area contributed by atoms with Crippen LogP contribution in [0.4, 0.5) is 0 Å². The number of nitrogens with one attached hydrogen (secondary N) is 1. The fourth-order valence-electron chi connectivity index (χ4n) is 1.93. The zero-order valence-corrected chi connectivity index (χ0v) is 9.33. The van der Waals surface area contributed by atoms with E-state index in [1.54, 1.807) is 0 Å². The molecule has 1 rings (SSSR count). The van der Waals surface area contributed by atoms with Gasteiger partial charge in [0.2, 0.25) is 5.91 Å². The molecule has 1 amide bonds. The lowest BCUT2D eigenvalue weighted by atomic mass is 9.86. The average molecular weight is 208 g/mol. The van der Waals surface area contributed by atoms with Gasteiger partial charge < -0.3 is 11.1 Å². The quantitative estimate of drug-likeness (QED) is 0.681. The van der Waals surface area contributed by atoms with Crippen molar-refractivity contribution in [2.45, 2.75) is 51.1 Å². The zero-order valence-electron chi connectivity index (χ0n) is 9.33. The SMILES string of the molecule is C#CC(CC)NC(=O)C1CCC(N)CC1. The molecule has 0 aromatic carbocycles. The zero-order chi connectivity index (χ0) is 11.3. The summed E-state index contributed by atoms with van der Waals surface area (Å²) in [6.07, 6.45) is 9.78. The summed E-state index contributed by atoms with van der Waals surface area (Å²) in [6, 6.07) is 0.164. The van der Waals surface area contributed by atoms with Crippen LogP contribution in [0.2, 0.25) is 0 Å². The van der Waals surface area contributed by atoms with E-state index < -0.39 is 0 Å². The van der Waals surface area contributed by atoms with Gasteiger partial charge in [-0.05, 0) is 32.1 Å². The Labute approximate surface area is 91.8 Å². The van der Waals surface area contributed by atoms with Gasteiger partial charge in [0.15, 0.2) is 0 Å². The van der Waals surface area contributed by atoms with Crippen LogP contribution in [-0.4, -0.2) is 18.0 Å². The molecule has 1 fully saturated rings. The molecule has 0 radical (unpaired) electrons. The molecule has 0 spiro atoms. The number of carbonyl (C=O) groups is 1. The van der Waals surface area contributed by atoms with Gasteiger partial charge in [0.05, 0.1) is 6.04 Å². The Kier molecular flexibility index (Phi) is 4.64. The first-order chi connectivity index (χ1) is 7.17. The largest absolute Gasteiger partial charge is 0.342 e. The predicted octanol–water partition coefficient (Wildman–Crippen LogP) is 1.03. The second kappa shape index (κ2) is 5.77. The maximum Gasteiger partial charge on any atom is 0.224 e. The fraction of sp³-hybridized carbons (Fsp3) is 0.750. The van der Waals surface area contributed by atoms with Crippen molar-refractivity contribution in [3.8, 4) is 12.3 Å². The van der Waals surface area contributed by atoms with Crippen molar-refractivity contribution in [3.05, 3.63) is 0 Å². The summed E-state index contributed by atoms with van der Waals surface area (Å²) in [6.45, 7) is 1.97. The van der Waals surface area contributed by atoms with Crippen LogP contribution in [0, 0.1) is 18.3 Å². The van der Waals surface area contributed by atoms with Crippen LogP contribution in [-0.2, 0) is 4.79 Å². The third-order valence-corrected chi connectivity index (χ3v) is 3.07. The number of nitrogens with two attached hydrogens (primary N) is 1. The first-order valence-corrected chi connectivity index (χ1v) is 5.69. The monoisotopic (exact) mass is 208 g/mol. The first kappa shape index (κ1) is 12.1. The Balaban J connectivity index is 2.37. The molecule has 0 heterocycles. The summed E-state index contributed by atoms with van der Waals surface area (Å²) >= 11 is 0. The lowest BCUT2D eigenvalue weighted by Crippen LogP contribution is -2.40. The second-order valence-corrected chi connectivity index (χ2v) is 4.25. The van der Waals surface area contributed by atoms with Crippen molar-refractivity contribution in [2.24, 2.45) is 11.7 Å². The van der Waals surface area contributed by atoms with Crippen molar-refractivity contribution in [1.29, 1.82) is 0 Å². The number of amides is 1. The van der Waals surface area contributed by atoms with E-state index in [0.717, 1.165) is 32.1 Å². The molecule has 1 aliphatic carbocycles. The van der Waals surface area contributed by atoms with Crippen LogP contribution >= 0.6 is 0 Å². The van der Waals surface area contributed by atoms with Crippen molar-refractivity contribution < 1.29 is 4.79 Å². The van der Waals surface area contributed by atoms with Crippen LogP contribution in [0.25, 0.3) is 0 Å². The molecule has 1 aliphatic rings. The molecule has 84 valence electrons. The van der Waals surface area contributed by atoms with Crippen LogP contribution < -0.4 is 11.1 Å². The van der Waals surface area contributed by atoms with Gasteiger partial charge in [0.1, 0.15) is 0 Å². The van der Waals surface area contributed by atoms with E-state index in [-0.39, 0.29) is 23.9 Å². The Bertz CT molecular complexity index is 249. The van der Waals surface area contributed by atoms with E-state index in [1.165, 1.54) is 0 Å². The smallest absolute Gasteiger partial charge is 0.224 e. The lowest BCUT2D eigenvalue weighted by molar-refractivity contribution is -0.126. The minimum Gasteiger partial charge on any atom is -0.342 e. The van der Waals surface area contributed by atoms with E-state index in [1.807, 2.05) is 6.92 Å². The van der Waals surface area contributed by atoms with E-state index >= 15 is 0 Å². The Hall–Kier alpha value is -1.01. The highest BCUT2D eigenvalue weighted by Crippen LogP contribution is 2.23. The predicted molar refractivity (Wildman–Crippen MR) is 61.0 cm³/mol. The topological polar surface area (TPSA) is 55.1 Å². The van der Waals surface area contributed by atoms with E-state index in [2.05, 4.69) is 11.2 Å². The van der Waals surface area contributed by atoms with E-state index in [4.69, 9.17) is 12.2 Å². The van der Waals surface area contributed by atoms with Crippen molar-refractivity contribution in [3.63, 3.8) is 0 Å². The van der Waals surface area contributed by atoms with Gasteiger partial charge in [-0.1, -0.05) is 12.8 Å². The van der Waals surface area contributed by atoms with Gasteiger partial charge in [-0.3, -0.25) is 4.79 Å². The van der Waals surface area contributed by atoms with Gasteiger partial charge in [0, 0.05) is 12.0 Å². The maximum absolute atomic E-state index is 11.8. The normalized spacial score (nSPS) is 27.8. The highest BCUT2D eigenvalue weighted by molar-refractivity contribution is 5.79. The number of hydrogen-bond donors (Lipinski definition) is 2. The van der Waals surface area contributed by atoms with Gasteiger partial charge >= 0.3 is 0 Å². The van der Waals surface area contributed by atoms with Crippen molar-refractivity contribution in [1.82, 2.24) is 5.32 Å². The van der Waals surface area contributed by atoms with Gasteiger partial charge in [-0.15, -0.1) is 6.42 Å². The molecule has 1 unspecified atom stereocenters. The number of rotatable bonds is 3. The number of hydrogen-bond acceptors (Lipinski definition) is 2. The molecule has 0 bridgehead atoms. The summed E-state index contributed by atoms with van der Waals surface area (Å²) in [7, 11) is 0. The highest BCUT2D eigenvalue weighted by atomic mass is 16.1. The molecular formula is C12H20N2O. The molecule has 0 aromatic rings. The van der Waals surface area contributed by atoms with Crippen LogP contribution in [0.15, 0.2) is 0 Å². The van der Waals surface area contributed by atoms with Crippen LogP contribution in [0.3, 0.4) is 0 Å². The van der Waals surface area contributed by atoms with E-state index in [0.29, 0.717) is 0 Å². The van der Waals surface area contributed by atoms with Gasteiger partial charge in [-0.25, -0.2) is 0 Å². The molecule has 3 N–H and O–H groups in total.